The summed E-state index contributed by atoms with van der Waals surface area (Å²) in [6, 6.07) is 84.2. The van der Waals surface area contributed by atoms with Crippen LogP contribution in [0.3, 0.4) is 0 Å². The van der Waals surface area contributed by atoms with Crippen LogP contribution in [-0.4, -0.2) is 4.57 Å². The molecule has 11 rings (SSSR count). The average Bonchev–Trinajstić information content (AvgIpc) is 3.79. The van der Waals surface area contributed by atoms with Crippen LogP contribution in [0.2, 0.25) is 0 Å². The maximum absolute atomic E-state index is 2.46. The van der Waals surface area contributed by atoms with Crippen LogP contribution in [0.1, 0.15) is 29.7 Å². The van der Waals surface area contributed by atoms with Gasteiger partial charge in [0.05, 0.1) is 22.1 Å². The Kier molecular flexibility index (Phi) is 8.61. The molecule has 0 N–H and O–H groups in total. The molecule has 9 aromatic carbocycles. The van der Waals surface area contributed by atoms with Gasteiger partial charge in [-0.15, -0.1) is 0 Å². The minimum Gasteiger partial charge on any atom is -0.308 e. The van der Waals surface area contributed by atoms with Crippen molar-refractivity contribution in [2.75, 3.05) is 4.90 Å². The van der Waals surface area contributed by atoms with Crippen molar-refractivity contribution in [2.24, 2.45) is 0 Å². The number of nitrogens with zero attached hydrogens (tertiary/aromatic N) is 2. The molecule has 1 heterocycles. The molecule has 2 nitrogen and oxygen atoms in total. The Hall–Kier alpha value is -7.42. The molecule has 0 fully saturated rings. The molecule has 0 spiro atoms. The van der Waals surface area contributed by atoms with Crippen LogP contribution in [0.25, 0.3) is 49.7 Å². The fourth-order valence-corrected chi connectivity index (χ4v) is 9.46. The maximum atomic E-state index is 2.46. The molecule has 1 aliphatic rings. The van der Waals surface area contributed by atoms with Crippen LogP contribution < -0.4 is 4.90 Å². The van der Waals surface area contributed by atoms with Gasteiger partial charge >= 0.3 is 0 Å². The van der Waals surface area contributed by atoms with E-state index in [-0.39, 0.29) is 7.43 Å². The molecule has 0 unspecified atom stereocenters. The van der Waals surface area contributed by atoms with E-state index in [4.69, 9.17) is 0 Å². The summed E-state index contributed by atoms with van der Waals surface area (Å²) in [4.78, 5) is 2.46. The van der Waals surface area contributed by atoms with Gasteiger partial charge in [-0.1, -0.05) is 189 Å². The third kappa shape index (κ3) is 5.33. The number of para-hydroxylation sites is 3. The van der Waals surface area contributed by atoms with E-state index in [9.17, 15) is 0 Å². The second-order valence-corrected chi connectivity index (χ2v) is 14.9. The molecule has 1 aliphatic carbocycles. The third-order valence-corrected chi connectivity index (χ3v) is 11.9. The van der Waals surface area contributed by atoms with E-state index in [1.165, 1.54) is 60.8 Å². The number of rotatable bonds is 7. The van der Waals surface area contributed by atoms with Gasteiger partial charge < -0.3 is 9.47 Å². The molecule has 0 amide bonds. The Morgan fingerprint density at radius 1 is 0.379 bits per heavy atom. The second-order valence-electron chi connectivity index (χ2n) is 14.9. The molecule has 0 bridgehead atoms. The Bertz CT molecular complexity index is 3000. The molecule has 10 aromatic rings. The first-order valence-corrected chi connectivity index (χ1v) is 19.7. The zero-order valence-electron chi connectivity index (χ0n) is 31.3. The largest absolute Gasteiger partial charge is 0.308 e. The maximum Gasteiger partial charge on any atom is 0.0782 e. The van der Waals surface area contributed by atoms with E-state index in [2.05, 4.69) is 240 Å². The van der Waals surface area contributed by atoms with E-state index in [0.29, 0.717) is 0 Å². The topological polar surface area (TPSA) is 8.17 Å². The van der Waals surface area contributed by atoms with Crippen molar-refractivity contribution in [1.82, 2.24) is 4.57 Å². The lowest BCUT2D eigenvalue weighted by atomic mass is 9.67. The standard InChI is InChI=1S/C55H38N2.CH4/c1-5-18-39(19-6-1)40-32-34-44(35-33-40)57-52-30-16-14-27-48(52)49-28-17-31-53(54(49)57)56(43-24-11-4-12-25-43)45-36-37-47-46-26-13-15-29-50(46)55(51(47)38-45,41-20-7-2-8-21-41)42-22-9-3-10-23-42;/h1-38H;1H4. The highest BCUT2D eigenvalue weighted by Crippen LogP contribution is 2.57. The van der Waals surface area contributed by atoms with Gasteiger partial charge in [0.25, 0.3) is 0 Å². The molecule has 1 aromatic heterocycles. The quantitative estimate of drug-likeness (QED) is 0.158. The first-order valence-electron chi connectivity index (χ1n) is 19.7. The Labute approximate surface area is 340 Å². The number of anilines is 3. The fourth-order valence-electron chi connectivity index (χ4n) is 9.46. The van der Waals surface area contributed by atoms with Gasteiger partial charge in [0.1, 0.15) is 0 Å². The van der Waals surface area contributed by atoms with Gasteiger partial charge in [0.2, 0.25) is 0 Å². The van der Waals surface area contributed by atoms with E-state index in [0.717, 1.165) is 28.3 Å². The molecular weight excluding hydrogens is 701 g/mol. The Morgan fingerprint density at radius 2 is 0.931 bits per heavy atom. The van der Waals surface area contributed by atoms with E-state index in [1.54, 1.807) is 0 Å². The van der Waals surface area contributed by atoms with Crippen LogP contribution in [0.4, 0.5) is 17.1 Å². The zero-order valence-corrected chi connectivity index (χ0v) is 31.3. The summed E-state index contributed by atoms with van der Waals surface area (Å²) in [5.41, 5.74) is 16.3. The molecule has 0 radical (unpaired) electrons. The molecule has 276 valence electrons. The molecule has 2 heteroatoms. The highest BCUT2D eigenvalue weighted by Gasteiger charge is 2.46. The summed E-state index contributed by atoms with van der Waals surface area (Å²) in [7, 11) is 0. The second kappa shape index (κ2) is 14.3. The first kappa shape index (κ1) is 35.0. The number of hydrogen-bond acceptors (Lipinski definition) is 1. The minimum atomic E-state index is -0.506. The van der Waals surface area contributed by atoms with Gasteiger partial charge in [-0.05, 0) is 93.0 Å². The highest BCUT2D eigenvalue weighted by atomic mass is 15.2. The predicted octanol–water partition coefficient (Wildman–Crippen LogP) is 14.9. The van der Waals surface area contributed by atoms with Crippen molar-refractivity contribution in [1.29, 1.82) is 0 Å². The zero-order chi connectivity index (χ0) is 37.8. The van der Waals surface area contributed by atoms with Crippen LogP contribution in [0.5, 0.6) is 0 Å². The van der Waals surface area contributed by atoms with Gasteiger partial charge in [-0.3, -0.25) is 0 Å². The summed E-state index contributed by atoms with van der Waals surface area (Å²) in [6.07, 6.45) is 0. The lowest BCUT2D eigenvalue weighted by Crippen LogP contribution is -2.28. The summed E-state index contributed by atoms with van der Waals surface area (Å²) in [5.74, 6) is 0. The average molecular weight is 743 g/mol. The molecule has 0 atom stereocenters. The fraction of sp³-hybridized carbons (Fsp3) is 0.0357. The lowest BCUT2D eigenvalue weighted by molar-refractivity contribution is 0.768. The third-order valence-electron chi connectivity index (χ3n) is 11.9. The van der Waals surface area contributed by atoms with Crippen molar-refractivity contribution in [2.45, 2.75) is 12.8 Å². The lowest BCUT2D eigenvalue weighted by Gasteiger charge is -2.35. The van der Waals surface area contributed by atoms with Gasteiger partial charge in [-0.25, -0.2) is 0 Å². The van der Waals surface area contributed by atoms with Crippen molar-refractivity contribution in [3.63, 3.8) is 0 Å². The predicted molar refractivity (Wildman–Crippen MR) is 245 cm³/mol. The van der Waals surface area contributed by atoms with Crippen molar-refractivity contribution in [3.05, 3.63) is 253 Å². The SMILES string of the molecule is C.c1ccc(-c2ccc(-n3c4ccccc4c4cccc(N(c5ccccc5)c5ccc6c(c5)C(c5ccccc5)(c5ccccc5)c5ccccc5-6)c43)cc2)cc1. The van der Waals surface area contributed by atoms with E-state index >= 15 is 0 Å². The summed E-state index contributed by atoms with van der Waals surface area (Å²) in [5, 5.41) is 2.44. The van der Waals surface area contributed by atoms with Crippen molar-refractivity contribution in [3.8, 4) is 27.9 Å². The van der Waals surface area contributed by atoms with Gasteiger partial charge in [0, 0.05) is 27.8 Å². The van der Waals surface area contributed by atoms with Crippen molar-refractivity contribution < 1.29 is 0 Å². The van der Waals surface area contributed by atoms with Crippen LogP contribution in [-0.2, 0) is 5.41 Å². The molecule has 0 aliphatic heterocycles. The Morgan fingerprint density at radius 3 is 1.64 bits per heavy atom. The summed E-state index contributed by atoms with van der Waals surface area (Å²) >= 11 is 0. The molecular formula is C56H42N2. The number of benzene rings is 9. The minimum absolute atomic E-state index is 0. The number of fused-ring (bicyclic) bond motifs is 6. The van der Waals surface area contributed by atoms with Gasteiger partial charge in [-0.2, -0.15) is 0 Å². The van der Waals surface area contributed by atoms with Crippen LogP contribution in [0.15, 0.2) is 231 Å². The molecule has 0 saturated carbocycles. The first-order chi connectivity index (χ1) is 28.3. The number of hydrogen-bond donors (Lipinski definition) is 0. The van der Waals surface area contributed by atoms with Crippen molar-refractivity contribution >= 4 is 38.9 Å². The smallest absolute Gasteiger partial charge is 0.0782 e. The van der Waals surface area contributed by atoms with Gasteiger partial charge in [0.15, 0.2) is 0 Å². The monoisotopic (exact) mass is 742 g/mol. The highest BCUT2D eigenvalue weighted by molar-refractivity contribution is 6.14. The summed E-state index contributed by atoms with van der Waals surface area (Å²) in [6.45, 7) is 0. The normalized spacial score (nSPS) is 12.5. The van der Waals surface area contributed by atoms with E-state index < -0.39 is 5.41 Å². The number of aromatic nitrogens is 1. The molecule has 58 heavy (non-hydrogen) atoms. The summed E-state index contributed by atoms with van der Waals surface area (Å²) < 4.78 is 2.45. The Balaban J connectivity index is 0.00000408. The molecule has 0 saturated heterocycles. The van der Waals surface area contributed by atoms with Crippen LogP contribution >= 0.6 is 0 Å². The van der Waals surface area contributed by atoms with Crippen LogP contribution in [0, 0.1) is 0 Å². The van der Waals surface area contributed by atoms with E-state index in [1.807, 2.05) is 0 Å².